The molecule has 0 unspecified atom stereocenters. The molecule has 0 spiro atoms. The molecule has 0 bridgehead atoms. The maximum absolute atomic E-state index is 13.8. The molecule has 0 saturated carbocycles. The number of hydrogen-bond donors (Lipinski definition) is 2. The molecule has 0 atom stereocenters. The molecule has 2 amide bonds. The van der Waals surface area contributed by atoms with E-state index in [2.05, 4.69) is 36.6 Å². The summed E-state index contributed by atoms with van der Waals surface area (Å²) in [6.45, 7) is 7.98. The van der Waals surface area contributed by atoms with Crippen molar-refractivity contribution in [1.82, 2.24) is 5.43 Å². The molecule has 0 aliphatic carbocycles. The zero-order chi connectivity index (χ0) is 24.7. The summed E-state index contributed by atoms with van der Waals surface area (Å²) in [5.74, 6) is -0.886. The highest BCUT2D eigenvalue weighted by atomic mass is 19.1. The lowest BCUT2D eigenvalue weighted by Crippen LogP contribution is -2.25. The number of carbonyl (C=O) groups excluding carboxylic acids is 2. The molecule has 6 nitrogen and oxygen atoms in total. The molecule has 0 fully saturated rings. The van der Waals surface area contributed by atoms with Gasteiger partial charge < -0.3 is 10.1 Å². The SMILES string of the molecule is C/C(=N/NC(=O)COc1ccc(C(C)(C)C)cc1)c1ccc(NC(=O)c2ccccc2F)cc1. The van der Waals surface area contributed by atoms with Crippen molar-refractivity contribution in [2.75, 3.05) is 11.9 Å². The summed E-state index contributed by atoms with van der Waals surface area (Å²) in [5, 5.41) is 6.76. The zero-order valence-corrected chi connectivity index (χ0v) is 19.7. The number of amides is 2. The number of carbonyl (C=O) groups is 2. The summed E-state index contributed by atoms with van der Waals surface area (Å²) < 4.78 is 19.3. The van der Waals surface area contributed by atoms with Crippen LogP contribution in [0, 0.1) is 5.82 Å². The van der Waals surface area contributed by atoms with Crippen LogP contribution in [0.2, 0.25) is 0 Å². The van der Waals surface area contributed by atoms with E-state index in [4.69, 9.17) is 4.74 Å². The Hall–Kier alpha value is -4.00. The van der Waals surface area contributed by atoms with Crippen LogP contribution in [0.4, 0.5) is 10.1 Å². The Morgan fingerprint density at radius 1 is 0.941 bits per heavy atom. The smallest absolute Gasteiger partial charge is 0.277 e. The Bertz CT molecular complexity index is 1180. The highest BCUT2D eigenvalue weighted by Gasteiger charge is 2.13. The number of anilines is 1. The first-order valence-corrected chi connectivity index (χ1v) is 10.9. The normalized spacial score (nSPS) is 11.6. The Kier molecular flexibility index (Phi) is 7.79. The number of nitrogens with one attached hydrogen (secondary N) is 2. The standard InChI is InChI=1S/C27H28FN3O3/c1-18(30-31-25(32)17-34-22-15-11-20(12-16-22)27(2,3)4)19-9-13-21(14-10-19)29-26(33)23-7-5-6-8-24(23)28/h5-16H,17H2,1-4H3,(H,29,33)(H,31,32)/b30-18-. The van der Waals surface area contributed by atoms with E-state index in [1.54, 1.807) is 37.3 Å². The van der Waals surface area contributed by atoms with Gasteiger partial charge in [0.15, 0.2) is 6.61 Å². The van der Waals surface area contributed by atoms with Gasteiger partial charge in [0.1, 0.15) is 11.6 Å². The molecule has 7 heteroatoms. The van der Waals surface area contributed by atoms with E-state index in [9.17, 15) is 14.0 Å². The van der Waals surface area contributed by atoms with E-state index in [1.165, 1.54) is 23.8 Å². The van der Waals surface area contributed by atoms with Gasteiger partial charge in [-0.3, -0.25) is 9.59 Å². The van der Waals surface area contributed by atoms with Crippen molar-refractivity contribution in [3.63, 3.8) is 0 Å². The van der Waals surface area contributed by atoms with Crippen molar-refractivity contribution in [3.8, 4) is 5.75 Å². The average molecular weight is 462 g/mol. The third-order valence-corrected chi connectivity index (χ3v) is 5.12. The first kappa shape index (κ1) is 24.6. The summed E-state index contributed by atoms with van der Waals surface area (Å²) in [7, 11) is 0. The highest BCUT2D eigenvalue weighted by Crippen LogP contribution is 2.24. The predicted octanol–water partition coefficient (Wildman–Crippen LogP) is 5.29. The lowest BCUT2D eigenvalue weighted by Gasteiger charge is -2.19. The molecule has 0 radical (unpaired) electrons. The summed E-state index contributed by atoms with van der Waals surface area (Å²) in [6, 6.07) is 20.3. The maximum Gasteiger partial charge on any atom is 0.277 e. The first-order valence-electron chi connectivity index (χ1n) is 10.9. The van der Waals surface area contributed by atoms with Crippen LogP contribution in [-0.2, 0) is 10.2 Å². The van der Waals surface area contributed by atoms with Gasteiger partial charge in [0.05, 0.1) is 11.3 Å². The predicted molar refractivity (Wildman–Crippen MR) is 132 cm³/mol. The van der Waals surface area contributed by atoms with E-state index in [0.29, 0.717) is 17.1 Å². The summed E-state index contributed by atoms with van der Waals surface area (Å²) in [6.07, 6.45) is 0. The minimum atomic E-state index is -0.582. The van der Waals surface area contributed by atoms with Gasteiger partial charge in [-0.1, -0.05) is 57.2 Å². The number of rotatable bonds is 7. The van der Waals surface area contributed by atoms with E-state index < -0.39 is 11.7 Å². The molecule has 0 heterocycles. The number of hydrazone groups is 1. The molecule has 3 aromatic rings. The first-order chi connectivity index (χ1) is 16.1. The number of ether oxygens (including phenoxy) is 1. The maximum atomic E-state index is 13.8. The van der Waals surface area contributed by atoms with Crippen molar-refractivity contribution in [2.24, 2.45) is 5.10 Å². The van der Waals surface area contributed by atoms with E-state index in [-0.39, 0.29) is 23.5 Å². The van der Waals surface area contributed by atoms with Crippen molar-refractivity contribution in [3.05, 3.63) is 95.3 Å². The quantitative estimate of drug-likeness (QED) is 0.370. The van der Waals surface area contributed by atoms with E-state index in [0.717, 1.165) is 5.56 Å². The Labute approximate surface area is 198 Å². The van der Waals surface area contributed by atoms with E-state index in [1.807, 2.05) is 24.3 Å². The highest BCUT2D eigenvalue weighted by molar-refractivity contribution is 6.05. The molecule has 3 rings (SSSR count). The lowest BCUT2D eigenvalue weighted by molar-refractivity contribution is -0.123. The third-order valence-electron chi connectivity index (χ3n) is 5.12. The molecule has 2 N–H and O–H groups in total. The van der Waals surface area contributed by atoms with Crippen LogP contribution < -0.4 is 15.5 Å². The molecule has 0 aliphatic heterocycles. The number of hydrogen-bond acceptors (Lipinski definition) is 4. The van der Waals surface area contributed by atoms with Gasteiger partial charge in [0.25, 0.3) is 11.8 Å². The van der Waals surface area contributed by atoms with Gasteiger partial charge in [0.2, 0.25) is 0 Å². The monoisotopic (exact) mass is 461 g/mol. The van der Waals surface area contributed by atoms with Gasteiger partial charge in [-0.25, -0.2) is 9.82 Å². The van der Waals surface area contributed by atoms with E-state index >= 15 is 0 Å². The van der Waals surface area contributed by atoms with Gasteiger partial charge in [-0.15, -0.1) is 0 Å². The molecular weight excluding hydrogens is 433 g/mol. The Balaban J connectivity index is 1.51. The average Bonchev–Trinajstić information content (AvgIpc) is 2.81. The molecular formula is C27H28FN3O3. The van der Waals surface area contributed by atoms with Crippen LogP contribution in [0.15, 0.2) is 77.9 Å². The van der Waals surface area contributed by atoms with Crippen LogP contribution in [0.3, 0.4) is 0 Å². The van der Waals surface area contributed by atoms with Crippen LogP contribution in [0.1, 0.15) is 49.2 Å². The van der Waals surface area contributed by atoms with Gasteiger partial charge in [-0.2, -0.15) is 5.10 Å². The van der Waals surface area contributed by atoms with Gasteiger partial charge >= 0.3 is 0 Å². The fourth-order valence-electron chi connectivity index (χ4n) is 3.08. The summed E-state index contributed by atoms with van der Waals surface area (Å²) in [4.78, 5) is 24.3. The number of nitrogens with zero attached hydrogens (tertiary/aromatic N) is 1. The van der Waals surface area contributed by atoms with Crippen LogP contribution in [0.5, 0.6) is 5.75 Å². The van der Waals surface area contributed by atoms with Crippen LogP contribution in [0.25, 0.3) is 0 Å². The fourth-order valence-corrected chi connectivity index (χ4v) is 3.08. The molecule has 0 aliphatic rings. The van der Waals surface area contributed by atoms with Crippen LogP contribution in [-0.4, -0.2) is 24.1 Å². The van der Waals surface area contributed by atoms with Gasteiger partial charge in [0, 0.05) is 5.69 Å². The Morgan fingerprint density at radius 2 is 1.59 bits per heavy atom. The van der Waals surface area contributed by atoms with Crippen molar-refractivity contribution < 1.29 is 18.7 Å². The molecule has 176 valence electrons. The van der Waals surface area contributed by atoms with Crippen molar-refractivity contribution >= 4 is 23.2 Å². The molecule has 34 heavy (non-hydrogen) atoms. The molecule has 0 aromatic heterocycles. The second-order valence-electron chi connectivity index (χ2n) is 8.81. The Morgan fingerprint density at radius 3 is 2.21 bits per heavy atom. The lowest BCUT2D eigenvalue weighted by atomic mass is 9.87. The summed E-state index contributed by atoms with van der Waals surface area (Å²) >= 11 is 0. The third kappa shape index (κ3) is 6.75. The number of benzene rings is 3. The summed E-state index contributed by atoms with van der Waals surface area (Å²) in [5.41, 5.74) is 5.52. The van der Waals surface area contributed by atoms with Crippen molar-refractivity contribution in [2.45, 2.75) is 33.1 Å². The second kappa shape index (κ2) is 10.7. The minimum Gasteiger partial charge on any atom is -0.484 e. The number of halogens is 1. The molecule has 3 aromatic carbocycles. The fraction of sp³-hybridized carbons (Fsp3) is 0.222. The molecule has 0 saturated heterocycles. The topological polar surface area (TPSA) is 79.8 Å². The second-order valence-corrected chi connectivity index (χ2v) is 8.81. The zero-order valence-electron chi connectivity index (χ0n) is 19.7. The van der Waals surface area contributed by atoms with Gasteiger partial charge in [-0.05, 0) is 59.9 Å². The largest absolute Gasteiger partial charge is 0.484 e. The minimum absolute atomic E-state index is 0.0283. The van der Waals surface area contributed by atoms with Crippen molar-refractivity contribution in [1.29, 1.82) is 0 Å². The van der Waals surface area contributed by atoms with Crippen LogP contribution >= 0.6 is 0 Å².